The number of rotatable bonds is 5. The minimum absolute atomic E-state index is 0.253. The van der Waals surface area contributed by atoms with Crippen molar-refractivity contribution in [1.82, 2.24) is 14.9 Å². The lowest BCUT2D eigenvalue weighted by molar-refractivity contribution is -0.119. The highest BCUT2D eigenvalue weighted by Gasteiger charge is 2.14. The fraction of sp³-hybridized carbons (Fsp3) is 0.348. The fourth-order valence-corrected chi connectivity index (χ4v) is 3.80. The molecule has 0 unspecified atom stereocenters. The maximum absolute atomic E-state index is 12.5. The highest BCUT2D eigenvalue weighted by atomic mass is 16.1. The largest absolute Gasteiger partial charge is 0.298 e. The number of pyridine rings is 2. The Bertz CT molecular complexity index is 961. The molecule has 1 aliphatic rings. The number of nitrogens with zero attached hydrogens (tertiary/aromatic N) is 3. The van der Waals surface area contributed by atoms with Crippen molar-refractivity contribution in [3.8, 4) is 11.1 Å². The van der Waals surface area contributed by atoms with Crippen LogP contribution in [0.5, 0.6) is 0 Å². The molecule has 0 atom stereocenters. The van der Waals surface area contributed by atoms with Crippen LogP contribution in [0.4, 0.5) is 0 Å². The molecular formula is C23H25N3O. The van der Waals surface area contributed by atoms with Crippen molar-refractivity contribution < 1.29 is 4.79 Å². The van der Waals surface area contributed by atoms with E-state index in [0.717, 1.165) is 46.2 Å². The molecule has 3 heterocycles. The molecule has 0 bridgehead atoms. The highest BCUT2D eigenvalue weighted by molar-refractivity contribution is 5.88. The standard InChI is InChI=1S/C23H25N3O/c1-17-9-21(14-24-13-17)18-5-6-19-15-25-22(11-20(19)10-18)12-23(27)16-26-7-3-2-4-8-26/h5-6,9-11,13-15H,2-4,7-8,12,16H2,1H3. The quantitative estimate of drug-likeness (QED) is 0.685. The molecule has 1 fully saturated rings. The van der Waals surface area contributed by atoms with Crippen molar-refractivity contribution in [3.05, 3.63) is 60.2 Å². The number of carbonyl (C=O) groups is 1. The van der Waals surface area contributed by atoms with E-state index in [1.54, 1.807) is 0 Å². The zero-order valence-corrected chi connectivity index (χ0v) is 15.8. The van der Waals surface area contributed by atoms with E-state index in [2.05, 4.69) is 45.2 Å². The van der Waals surface area contributed by atoms with Crippen LogP contribution < -0.4 is 0 Å². The van der Waals surface area contributed by atoms with Gasteiger partial charge in [0.1, 0.15) is 0 Å². The van der Waals surface area contributed by atoms with Crippen LogP contribution in [0.15, 0.2) is 48.9 Å². The SMILES string of the molecule is Cc1cncc(-c2ccc3cnc(CC(=O)CN4CCCCC4)cc3c2)c1. The Morgan fingerprint density at radius 3 is 2.63 bits per heavy atom. The molecule has 3 aromatic rings. The topological polar surface area (TPSA) is 46.1 Å². The molecule has 0 amide bonds. The van der Waals surface area contributed by atoms with E-state index in [0.29, 0.717) is 13.0 Å². The average molecular weight is 359 g/mol. The summed E-state index contributed by atoms with van der Waals surface area (Å²) in [6.07, 6.45) is 9.73. The Morgan fingerprint density at radius 2 is 1.81 bits per heavy atom. The molecule has 0 aliphatic carbocycles. The van der Waals surface area contributed by atoms with E-state index in [9.17, 15) is 4.79 Å². The summed E-state index contributed by atoms with van der Waals surface area (Å²) in [6.45, 7) is 4.69. The molecular weight excluding hydrogens is 334 g/mol. The lowest BCUT2D eigenvalue weighted by atomic mass is 10.0. The number of likely N-dealkylation sites (tertiary alicyclic amines) is 1. The van der Waals surface area contributed by atoms with Crippen LogP contribution in [0.25, 0.3) is 21.9 Å². The zero-order valence-electron chi connectivity index (χ0n) is 15.8. The normalized spacial score (nSPS) is 15.1. The Kier molecular flexibility index (Phi) is 5.26. The molecule has 0 radical (unpaired) electrons. The van der Waals surface area contributed by atoms with E-state index in [1.807, 2.05) is 25.5 Å². The monoisotopic (exact) mass is 359 g/mol. The van der Waals surface area contributed by atoms with E-state index in [4.69, 9.17) is 0 Å². The molecule has 2 aromatic heterocycles. The van der Waals surface area contributed by atoms with E-state index >= 15 is 0 Å². The third kappa shape index (κ3) is 4.40. The molecule has 0 saturated carbocycles. The number of hydrogen-bond donors (Lipinski definition) is 0. The number of aromatic nitrogens is 2. The summed E-state index contributed by atoms with van der Waals surface area (Å²) in [5.74, 6) is 0.253. The van der Waals surface area contributed by atoms with Crippen LogP contribution in [0.2, 0.25) is 0 Å². The molecule has 1 aliphatic heterocycles. The maximum atomic E-state index is 12.5. The molecule has 1 aromatic carbocycles. The van der Waals surface area contributed by atoms with Crippen LogP contribution >= 0.6 is 0 Å². The molecule has 4 nitrogen and oxygen atoms in total. The summed E-state index contributed by atoms with van der Waals surface area (Å²) >= 11 is 0. The Morgan fingerprint density at radius 1 is 0.963 bits per heavy atom. The first-order valence-corrected chi connectivity index (χ1v) is 9.72. The van der Waals surface area contributed by atoms with Gasteiger partial charge in [-0.2, -0.15) is 0 Å². The Labute approximate surface area is 160 Å². The number of carbonyl (C=O) groups excluding carboxylic acids is 1. The van der Waals surface area contributed by atoms with Crippen molar-refractivity contribution in [2.24, 2.45) is 0 Å². The number of benzene rings is 1. The fourth-order valence-electron chi connectivity index (χ4n) is 3.80. The predicted molar refractivity (Wildman–Crippen MR) is 109 cm³/mol. The summed E-state index contributed by atoms with van der Waals surface area (Å²) < 4.78 is 0. The van der Waals surface area contributed by atoms with Gasteiger partial charge >= 0.3 is 0 Å². The van der Waals surface area contributed by atoms with Gasteiger partial charge in [-0.05, 0) is 67.6 Å². The summed E-state index contributed by atoms with van der Waals surface area (Å²) in [4.78, 5) is 23.5. The van der Waals surface area contributed by atoms with Gasteiger partial charge in [0.25, 0.3) is 0 Å². The molecule has 0 N–H and O–H groups in total. The van der Waals surface area contributed by atoms with Gasteiger partial charge < -0.3 is 0 Å². The summed E-state index contributed by atoms with van der Waals surface area (Å²) in [7, 11) is 0. The number of hydrogen-bond acceptors (Lipinski definition) is 4. The van der Waals surface area contributed by atoms with Crippen LogP contribution in [0, 0.1) is 6.92 Å². The summed E-state index contributed by atoms with van der Waals surface area (Å²) in [5.41, 5.74) is 4.24. The van der Waals surface area contributed by atoms with Gasteiger partial charge in [-0.3, -0.25) is 19.7 Å². The van der Waals surface area contributed by atoms with Crippen LogP contribution in [-0.2, 0) is 11.2 Å². The van der Waals surface area contributed by atoms with E-state index < -0.39 is 0 Å². The van der Waals surface area contributed by atoms with Crippen molar-refractivity contribution in [2.75, 3.05) is 19.6 Å². The van der Waals surface area contributed by atoms with Gasteiger partial charge in [-0.1, -0.05) is 18.6 Å². The second-order valence-electron chi connectivity index (χ2n) is 7.54. The summed E-state index contributed by atoms with van der Waals surface area (Å²) in [6, 6.07) is 10.5. The number of Topliss-reactive ketones (excluding diaryl/α,β-unsaturated/α-hetero) is 1. The van der Waals surface area contributed by atoms with Crippen LogP contribution in [0.3, 0.4) is 0 Å². The van der Waals surface area contributed by atoms with Gasteiger partial charge in [0.15, 0.2) is 5.78 Å². The Balaban J connectivity index is 1.53. The first-order valence-electron chi connectivity index (χ1n) is 9.72. The number of piperidine rings is 1. The highest BCUT2D eigenvalue weighted by Crippen LogP contribution is 2.25. The van der Waals surface area contributed by atoms with E-state index in [1.165, 1.54) is 19.3 Å². The molecule has 1 saturated heterocycles. The molecule has 4 heteroatoms. The minimum atomic E-state index is 0.253. The van der Waals surface area contributed by atoms with Crippen molar-refractivity contribution in [1.29, 1.82) is 0 Å². The van der Waals surface area contributed by atoms with Gasteiger partial charge in [0.2, 0.25) is 0 Å². The van der Waals surface area contributed by atoms with Gasteiger partial charge in [0.05, 0.1) is 13.0 Å². The van der Waals surface area contributed by atoms with Gasteiger partial charge in [-0.15, -0.1) is 0 Å². The van der Waals surface area contributed by atoms with Crippen molar-refractivity contribution >= 4 is 16.6 Å². The maximum Gasteiger partial charge on any atom is 0.152 e. The van der Waals surface area contributed by atoms with Crippen LogP contribution in [-0.4, -0.2) is 40.3 Å². The minimum Gasteiger partial charge on any atom is -0.298 e. The Hall–Kier alpha value is -2.59. The number of aryl methyl sites for hydroxylation is 1. The van der Waals surface area contributed by atoms with Crippen LogP contribution in [0.1, 0.15) is 30.5 Å². The van der Waals surface area contributed by atoms with Gasteiger partial charge in [-0.25, -0.2) is 0 Å². The lowest BCUT2D eigenvalue weighted by Crippen LogP contribution is -2.35. The van der Waals surface area contributed by atoms with E-state index in [-0.39, 0.29) is 5.78 Å². The van der Waals surface area contributed by atoms with Gasteiger partial charge in [0, 0.05) is 35.2 Å². The first-order chi connectivity index (χ1) is 13.2. The number of fused-ring (bicyclic) bond motifs is 1. The van der Waals surface area contributed by atoms with Crippen molar-refractivity contribution in [3.63, 3.8) is 0 Å². The predicted octanol–water partition coefficient (Wildman–Crippen LogP) is 4.20. The summed E-state index contributed by atoms with van der Waals surface area (Å²) in [5, 5.41) is 2.20. The molecule has 27 heavy (non-hydrogen) atoms. The molecule has 4 rings (SSSR count). The van der Waals surface area contributed by atoms with Crippen molar-refractivity contribution in [2.45, 2.75) is 32.6 Å². The second kappa shape index (κ2) is 7.97. The lowest BCUT2D eigenvalue weighted by Gasteiger charge is -2.25. The average Bonchev–Trinajstić information content (AvgIpc) is 2.68. The smallest absolute Gasteiger partial charge is 0.152 e. The number of ketones is 1. The third-order valence-electron chi connectivity index (χ3n) is 5.21. The second-order valence-corrected chi connectivity index (χ2v) is 7.54. The first kappa shape index (κ1) is 17.8. The molecule has 138 valence electrons. The molecule has 0 spiro atoms. The third-order valence-corrected chi connectivity index (χ3v) is 5.21. The zero-order chi connectivity index (χ0) is 18.6.